The molecule has 0 saturated carbocycles. The maximum absolute atomic E-state index is 9.00. The Balaban J connectivity index is 0. The van der Waals surface area contributed by atoms with Crippen molar-refractivity contribution in [3.05, 3.63) is 31.3 Å². The average molecular weight is 431 g/mol. The highest BCUT2D eigenvalue weighted by molar-refractivity contribution is 14.1. The van der Waals surface area contributed by atoms with Gasteiger partial charge in [0, 0.05) is 21.9 Å². The van der Waals surface area contributed by atoms with Crippen LogP contribution in [0.5, 0.6) is 0 Å². The van der Waals surface area contributed by atoms with Crippen LogP contribution in [0, 0.1) is 17.4 Å². The summed E-state index contributed by atoms with van der Waals surface area (Å²) in [7, 11) is 0. The standard InChI is InChI=1S/C8H8BrI.2C2H4O2/c1-5-3-7(9)4-6(2)8(5)10;2*1-2(3)4/h3-4H,1-2H3;2*1H3,(H,3,4). The zero-order valence-corrected chi connectivity index (χ0v) is 14.4. The first-order chi connectivity index (χ1) is 8.07. The van der Waals surface area contributed by atoms with Crippen molar-refractivity contribution in [3.63, 3.8) is 0 Å². The lowest BCUT2D eigenvalue weighted by Crippen LogP contribution is -1.84. The van der Waals surface area contributed by atoms with Crippen LogP contribution in [0.25, 0.3) is 0 Å². The molecular weight excluding hydrogens is 415 g/mol. The van der Waals surface area contributed by atoms with Crippen LogP contribution >= 0.6 is 38.5 Å². The van der Waals surface area contributed by atoms with Gasteiger partial charge in [-0.2, -0.15) is 0 Å². The smallest absolute Gasteiger partial charge is 0.300 e. The second kappa shape index (κ2) is 10.3. The van der Waals surface area contributed by atoms with E-state index in [1.165, 1.54) is 19.2 Å². The zero-order valence-electron chi connectivity index (χ0n) is 10.6. The lowest BCUT2D eigenvalue weighted by molar-refractivity contribution is -0.135. The molecule has 4 nitrogen and oxygen atoms in total. The molecule has 0 amide bonds. The van der Waals surface area contributed by atoms with E-state index in [9.17, 15) is 0 Å². The molecule has 102 valence electrons. The summed E-state index contributed by atoms with van der Waals surface area (Å²) in [6.45, 7) is 6.42. The van der Waals surface area contributed by atoms with Gasteiger partial charge in [0.15, 0.2) is 0 Å². The molecule has 0 radical (unpaired) electrons. The minimum Gasteiger partial charge on any atom is -0.481 e. The van der Waals surface area contributed by atoms with Gasteiger partial charge < -0.3 is 10.2 Å². The first-order valence-electron chi connectivity index (χ1n) is 4.89. The molecule has 0 unspecified atom stereocenters. The number of carboxylic acid groups (broad SMARTS) is 2. The summed E-state index contributed by atoms with van der Waals surface area (Å²) < 4.78 is 2.53. The van der Waals surface area contributed by atoms with Crippen LogP contribution in [0.15, 0.2) is 16.6 Å². The summed E-state index contributed by atoms with van der Waals surface area (Å²) >= 11 is 5.81. The summed E-state index contributed by atoms with van der Waals surface area (Å²) in [6.07, 6.45) is 0. The van der Waals surface area contributed by atoms with E-state index in [0.717, 1.165) is 13.8 Å². The molecule has 0 aromatic heterocycles. The quantitative estimate of drug-likeness (QED) is 0.613. The summed E-state index contributed by atoms with van der Waals surface area (Å²) in [5.74, 6) is -1.67. The highest BCUT2D eigenvalue weighted by atomic mass is 127. The van der Waals surface area contributed by atoms with E-state index in [-0.39, 0.29) is 0 Å². The SMILES string of the molecule is CC(=O)O.CC(=O)O.Cc1cc(Br)cc(C)c1I. The van der Waals surface area contributed by atoms with Crippen molar-refractivity contribution in [3.8, 4) is 0 Å². The topological polar surface area (TPSA) is 74.6 Å². The molecule has 1 aromatic rings. The Morgan fingerprint density at radius 3 is 1.50 bits per heavy atom. The molecule has 2 N–H and O–H groups in total. The summed E-state index contributed by atoms with van der Waals surface area (Å²) in [4.78, 5) is 18.0. The Morgan fingerprint density at radius 2 is 1.28 bits per heavy atom. The van der Waals surface area contributed by atoms with Crippen LogP contribution in [-0.4, -0.2) is 22.2 Å². The Kier molecular flexibility index (Phi) is 11.3. The second-order valence-corrected chi connectivity index (χ2v) is 5.39. The maximum atomic E-state index is 9.00. The number of hydrogen-bond acceptors (Lipinski definition) is 2. The molecule has 0 spiro atoms. The molecule has 0 aliphatic carbocycles. The highest BCUT2D eigenvalue weighted by Crippen LogP contribution is 2.21. The molecule has 6 heteroatoms. The Bertz CT molecular complexity index is 376. The molecule has 0 bridgehead atoms. The van der Waals surface area contributed by atoms with Crippen molar-refractivity contribution in [2.75, 3.05) is 0 Å². The molecular formula is C12H16BrIO4. The molecule has 0 aliphatic rings. The van der Waals surface area contributed by atoms with Crippen LogP contribution in [-0.2, 0) is 9.59 Å². The van der Waals surface area contributed by atoms with Gasteiger partial charge in [0.25, 0.3) is 11.9 Å². The van der Waals surface area contributed by atoms with E-state index in [4.69, 9.17) is 19.8 Å². The van der Waals surface area contributed by atoms with Gasteiger partial charge in [-0.1, -0.05) is 15.9 Å². The fraction of sp³-hybridized carbons (Fsp3) is 0.333. The van der Waals surface area contributed by atoms with Crippen LogP contribution in [0.4, 0.5) is 0 Å². The van der Waals surface area contributed by atoms with Gasteiger partial charge in [-0.15, -0.1) is 0 Å². The number of aliphatic carboxylic acids is 2. The van der Waals surface area contributed by atoms with E-state index < -0.39 is 11.9 Å². The first kappa shape index (κ1) is 19.7. The molecule has 1 rings (SSSR count). The van der Waals surface area contributed by atoms with Crippen molar-refractivity contribution in [1.29, 1.82) is 0 Å². The molecule has 0 saturated heterocycles. The summed E-state index contributed by atoms with van der Waals surface area (Å²) in [5, 5.41) is 14.8. The van der Waals surface area contributed by atoms with E-state index in [1.54, 1.807) is 0 Å². The second-order valence-electron chi connectivity index (χ2n) is 3.39. The lowest BCUT2D eigenvalue weighted by atomic mass is 10.2. The number of halogens is 2. The van der Waals surface area contributed by atoms with Gasteiger partial charge in [-0.05, 0) is 59.7 Å². The normalized spacial score (nSPS) is 8.33. The third-order valence-corrected chi connectivity index (χ3v) is 3.56. The van der Waals surface area contributed by atoms with Crippen molar-refractivity contribution in [2.24, 2.45) is 0 Å². The Morgan fingerprint density at radius 1 is 1.06 bits per heavy atom. The number of aryl methyl sites for hydroxylation is 2. The van der Waals surface area contributed by atoms with E-state index in [1.807, 2.05) is 0 Å². The average Bonchev–Trinajstić information content (AvgIpc) is 2.11. The maximum Gasteiger partial charge on any atom is 0.300 e. The Labute approximate surface area is 129 Å². The molecule has 0 atom stereocenters. The molecule has 0 heterocycles. The van der Waals surface area contributed by atoms with Gasteiger partial charge in [0.2, 0.25) is 0 Å². The van der Waals surface area contributed by atoms with E-state index in [2.05, 4.69) is 64.5 Å². The predicted molar refractivity (Wildman–Crippen MR) is 83.0 cm³/mol. The molecule has 1 aromatic carbocycles. The number of hydrogen-bond donors (Lipinski definition) is 2. The zero-order chi connectivity index (χ0) is 14.9. The fourth-order valence-corrected chi connectivity index (χ4v) is 1.89. The van der Waals surface area contributed by atoms with E-state index in [0.29, 0.717) is 0 Å². The summed E-state index contributed by atoms with van der Waals surface area (Å²) in [6, 6.07) is 4.27. The highest BCUT2D eigenvalue weighted by Gasteiger charge is 1.98. The molecule has 18 heavy (non-hydrogen) atoms. The number of carbonyl (C=O) groups is 2. The van der Waals surface area contributed by atoms with E-state index >= 15 is 0 Å². The minimum atomic E-state index is -0.833. The first-order valence-corrected chi connectivity index (χ1v) is 6.76. The van der Waals surface area contributed by atoms with Crippen LogP contribution in [0.2, 0.25) is 0 Å². The van der Waals surface area contributed by atoms with Gasteiger partial charge in [0.1, 0.15) is 0 Å². The Hall–Kier alpha value is -0.630. The minimum absolute atomic E-state index is 0.833. The van der Waals surface area contributed by atoms with Crippen molar-refractivity contribution in [1.82, 2.24) is 0 Å². The predicted octanol–water partition coefficient (Wildman–Crippen LogP) is 3.85. The number of carboxylic acids is 2. The van der Waals surface area contributed by atoms with Gasteiger partial charge in [-0.25, -0.2) is 0 Å². The number of benzene rings is 1. The lowest BCUT2D eigenvalue weighted by Gasteiger charge is -2.02. The largest absolute Gasteiger partial charge is 0.481 e. The van der Waals surface area contributed by atoms with Crippen LogP contribution in [0.1, 0.15) is 25.0 Å². The summed E-state index contributed by atoms with van der Waals surface area (Å²) in [5.41, 5.74) is 2.68. The monoisotopic (exact) mass is 430 g/mol. The van der Waals surface area contributed by atoms with Gasteiger partial charge in [0.05, 0.1) is 0 Å². The fourth-order valence-electron chi connectivity index (χ4n) is 0.893. The molecule has 0 fully saturated rings. The third-order valence-electron chi connectivity index (χ3n) is 1.40. The van der Waals surface area contributed by atoms with Crippen molar-refractivity contribution >= 4 is 50.5 Å². The van der Waals surface area contributed by atoms with Gasteiger partial charge in [-0.3, -0.25) is 9.59 Å². The number of rotatable bonds is 0. The molecule has 0 aliphatic heterocycles. The van der Waals surface area contributed by atoms with Crippen LogP contribution < -0.4 is 0 Å². The van der Waals surface area contributed by atoms with Crippen molar-refractivity contribution < 1.29 is 19.8 Å². The van der Waals surface area contributed by atoms with Crippen molar-refractivity contribution in [2.45, 2.75) is 27.7 Å². The third kappa shape index (κ3) is 13.4. The van der Waals surface area contributed by atoms with Gasteiger partial charge >= 0.3 is 0 Å². The van der Waals surface area contributed by atoms with Crippen LogP contribution in [0.3, 0.4) is 0 Å².